The van der Waals surface area contributed by atoms with Crippen LogP contribution < -0.4 is 0 Å². The summed E-state index contributed by atoms with van der Waals surface area (Å²) in [7, 11) is 1.52. The zero-order valence-corrected chi connectivity index (χ0v) is 12.6. The van der Waals surface area contributed by atoms with Crippen LogP contribution in [-0.2, 0) is 11.2 Å². The standard InChI is InChI=1S/C15H16N2O3S/c1-10-13(21-9-16-10)14(18)17(2)12(15(19)20)8-11-6-4-3-5-7-11/h3-7,9,12H,8H2,1-2H3,(H,19,20). The van der Waals surface area contributed by atoms with E-state index in [9.17, 15) is 14.7 Å². The van der Waals surface area contributed by atoms with Gasteiger partial charge in [0.2, 0.25) is 0 Å². The van der Waals surface area contributed by atoms with Crippen LogP contribution in [0.15, 0.2) is 35.8 Å². The molecule has 2 aromatic rings. The molecule has 0 spiro atoms. The van der Waals surface area contributed by atoms with Gasteiger partial charge in [0.25, 0.3) is 5.91 Å². The van der Waals surface area contributed by atoms with Crippen LogP contribution in [0.2, 0.25) is 0 Å². The van der Waals surface area contributed by atoms with E-state index in [1.165, 1.54) is 23.3 Å². The van der Waals surface area contributed by atoms with E-state index in [0.29, 0.717) is 10.6 Å². The lowest BCUT2D eigenvalue weighted by Crippen LogP contribution is -2.43. The molecule has 0 aliphatic rings. The summed E-state index contributed by atoms with van der Waals surface area (Å²) in [4.78, 5) is 29.7. The van der Waals surface area contributed by atoms with Gasteiger partial charge < -0.3 is 10.0 Å². The largest absolute Gasteiger partial charge is 0.480 e. The lowest BCUT2D eigenvalue weighted by Gasteiger charge is -2.24. The SMILES string of the molecule is Cc1ncsc1C(=O)N(C)C(Cc1ccccc1)C(=O)O. The van der Waals surface area contributed by atoms with Crippen molar-refractivity contribution in [1.29, 1.82) is 0 Å². The number of nitrogens with zero attached hydrogens (tertiary/aromatic N) is 2. The molecule has 0 radical (unpaired) electrons. The first-order valence-corrected chi connectivity index (χ1v) is 7.32. The molecule has 1 unspecified atom stereocenters. The molecule has 6 heteroatoms. The Balaban J connectivity index is 2.20. The van der Waals surface area contributed by atoms with Crippen molar-refractivity contribution >= 4 is 23.2 Å². The quantitative estimate of drug-likeness (QED) is 0.919. The molecule has 0 bridgehead atoms. The van der Waals surface area contributed by atoms with Gasteiger partial charge in [-0.1, -0.05) is 30.3 Å². The molecule has 1 atom stereocenters. The maximum absolute atomic E-state index is 12.4. The van der Waals surface area contributed by atoms with Crippen LogP contribution in [0.3, 0.4) is 0 Å². The summed E-state index contributed by atoms with van der Waals surface area (Å²) in [6, 6.07) is 8.38. The average Bonchev–Trinajstić information content (AvgIpc) is 2.90. The maximum Gasteiger partial charge on any atom is 0.326 e. The highest BCUT2D eigenvalue weighted by Crippen LogP contribution is 2.17. The van der Waals surface area contributed by atoms with Crippen LogP contribution in [-0.4, -0.2) is 40.0 Å². The number of thiazole rings is 1. The number of aromatic nitrogens is 1. The van der Waals surface area contributed by atoms with Crippen molar-refractivity contribution in [3.8, 4) is 0 Å². The minimum absolute atomic E-state index is 0.274. The number of carbonyl (C=O) groups excluding carboxylic acids is 1. The molecular weight excluding hydrogens is 288 g/mol. The minimum atomic E-state index is -1.02. The van der Waals surface area contributed by atoms with E-state index in [0.717, 1.165) is 5.56 Å². The Labute approximate surface area is 126 Å². The number of carboxylic acid groups (broad SMARTS) is 1. The molecule has 0 aliphatic heterocycles. The highest BCUT2D eigenvalue weighted by Gasteiger charge is 2.29. The van der Waals surface area contributed by atoms with E-state index in [4.69, 9.17) is 0 Å². The fraction of sp³-hybridized carbons (Fsp3) is 0.267. The number of hydrogen-bond donors (Lipinski definition) is 1. The number of rotatable bonds is 5. The number of hydrogen-bond acceptors (Lipinski definition) is 4. The Morgan fingerprint density at radius 3 is 2.52 bits per heavy atom. The Kier molecular flexibility index (Phi) is 4.70. The minimum Gasteiger partial charge on any atom is -0.480 e. The monoisotopic (exact) mass is 304 g/mol. The van der Waals surface area contributed by atoms with E-state index in [1.54, 1.807) is 12.4 Å². The van der Waals surface area contributed by atoms with Crippen molar-refractivity contribution < 1.29 is 14.7 Å². The van der Waals surface area contributed by atoms with Crippen LogP contribution >= 0.6 is 11.3 Å². The first kappa shape index (κ1) is 15.2. The van der Waals surface area contributed by atoms with Gasteiger partial charge >= 0.3 is 5.97 Å². The highest BCUT2D eigenvalue weighted by molar-refractivity contribution is 7.11. The smallest absolute Gasteiger partial charge is 0.326 e. The Morgan fingerprint density at radius 1 is 1.33 bits per heavy atom. The van der Waals surface area contributed by atoms with Crippen LogP contribution in [0.5, 0.6) is 0 Å². The summed E-state index contributed by atoms with van der Waals surface area (Å²) in [5.41, 5.74) is 3.09. The lowest BCUT2D eigenvalue weighted by atomic mass is 10.0. The van der Waals surface area contributed by atoms with Crippen molar-refractivity contribution in [2.45, 2.75) is 19.4 Å². The predicted molar refractivity (Wildman–Crippen MR) is 80.5 cm³/mol. The van der Waals surface area contributed by atoms with Crippen molar-refractivity contribution in [1.82, 2.24) is 9.88 Å². The second kappa shape index (κ2) is 6.49. The fourth-order valence-electron chi connectivity index (χ4n) is 2.04. The molecule has 21 heavy (non-hydrogen) atoms. The van der Waals surface area contributed by atoms with Crippen LogP contribution in [0, 0.1) is 6.92 Å². The number of likely N-dealkylation sites (N-methyl/N-ethyl adjacent to an activating group) is 1. The fourth-order valence-corrected chi connectivity index (χ4v) is 2.82. The van der Waals surface area contributed by atoms with Gasteiger partial charge in [-0.2, -0.15) is 0 Å². The predicted octanol–water partition coefficient (Wildman–Crippen LogP) is 2.22. The summed E-state index contributed by atoms with van der Waals surface area (Å²) in [6.07, 6.45) is 0.274. The molecule has 0 saturated heterocycles. The number of aryl methyl sites for hydroxylation is 1. The number of aliphatic carboxylic acids is 1. The van der Waals surface area contributed by atoms with Crippen LogP contribution in [0.1, 0.15) is 20.9 Å². The molecule has 0 aliphatic carbocycles. The summed E-state index contributed by atoms with van der Waals surface area (Å²) < 4.78 is 0. The first-order valence-electron chi connectivity index (χ1n) is 6.44. The molecule has 5 nitrogen and oxygen atoms in total. The number of amides is 1. The molecule has 0 saturated carbocycles. The number of benzene rings is 1. The van der Waals surface area contributed by atoms with Crippen LogP contribution in [0.4, 0.5) is 0 Å². The summed E-state index contributed by atoms with van der Waals surface area (Å²) in [6.45, 7) is 1.74. The van der Waals surface area contributed by atoms with E-state index in [2.05, 4.69) is 4.98 Å². The summed E-state index contributed by atoms with van der Waals surface area (Å²) in [5.74, 6) is -1.32. The maximum atomic E-state index is 12.4. The summed E-state index contributed by atoms with van der Waals surface area (Å²) in [5, 5.41) is 9.41. The second-order valence-electron chi connectivity index (χ2n) is 4.73. The summed E-state index contributed by atoms with van der Waals surface area (Å²) >= 11 is 1.23. The van der Waals surface area contributed by atoms with Crippen molar-refractivity contribution in [3.05, 3.63) is 52.0 Å². The topological polar surface area (TPSA) is 70.5 Å². The van der Waals surface area contributed by atoms with Gasteiger partial charge in [-0.25, -0.2) is 9.78 Å². The first-order chi connectivity index (χ1) is 10.0. The highest BCUT2D eigenvalue weighted by atomic mass is 32.1. The van der Waals surface area contributed by atoms with Gasteiger partial charge in [0.15, 0.2) is 0 Å². The molecule has 1 aromatic heterocycles. The molecule has 1 heterocycles. The van der Waals surface area contributed by atoms with Gasteiger partial charge in [-0.05, 0) is 12.5 Å². The average molecular weight is 304 g/mol. The molecule has 110 valence electrons. The molecule has 2 rings (SSSR count). The van der Waals surface area contributed by atoms with Gasteiger partial charge in [-0.3, -0.25) is 4.79 Å². The Morgan fingerprint density at radius 2 is 2.00 bits per heavy atom. The number of carbonyl (C=O) groups is 2. The van der Waals surface area contributed by atoms with E-state index in [-0.39, 0.29) is 12.3 Å². The van der Waals surface area contributed by atoms with Gasteiger partial charge in [0, 0.05) is 13.5 Å². The Hall–Kier alpha value is -2.21. The van der Waals surface area contributed by atoms with Crippen LogP contribution in [0.25, 0.3) is 0 Å². The molecular formula is C15H16N2O3S. The van der Waals surface area contributed by atoms with Crippen molar-refractivity contribution in [2.75, 3.05) is 7.05 Å². The van der Waals surface area contributed by atoms with Gasteiger partial charge in [0.05, 0.1) is 11.2 Å². The second-order valence-corrected chi connectivity index (χ2v) is 5.58. The molecule has 0 fully saturated rings. The zero-order valence-electron chi connectivity index (χ0n) is 11.8. The van der Waals surface area contributed by atoms with Crippen molar-refractivity contribution in [2.24, 2.45) is 0 Å². The third kappa shape index (κ3) is 3.46. The Bertz CT molecular complexity index is 639. The van der Waals surface area contributed by atoms with Gasteiger partial charge in [-0.15, -0.1) is 11.3 Å². The molecule has 1 N–H and O–H groups in total. The van der Waals surface area contributed by atoms with Crippen molar-refractivity contribution in [3.63, 3.8) is 0 Å². The number of carboxylic acids is 1. The van der Waals surface area contributed by atoms with Gasteiger partial charge in [0.1, 0.15) is 10.9 Å². The third-order valence-corrected chi connectivity index (χ3v) is 4.20. The third-order valence-electron chi connectivity index (χ3n) is 3.28. The molecule has 1 amide bonds. The normalized spacial score (nSPS) is 11.9. The zero-order chi connectivity index (χ0) is 15.4. The molecule has 1 aromatic carbocycles. The van der Waals surface area contributed by atoms with E-state index >= 15 is 0 Å². The lowest BCUT2D eigenvalue weighted by molar-refractivity contribution is -0.141. The van der Waals surface area contributed by atoms with E-state index in [1.807, 2.05) is 30.3 Å². The van der Waals surface area contributed by atoms with E-state index < -0.39 is 12.0 Å².